The summed E-state index contributed by atoms with van der Waals surface area (Å²) in [5.41, 5.74) is -0.751. The molecule has 0 aromatic heterocycles. The molecular weight excluding hydrogens is 244 g/mol. The van der Waals surface area contributed by atoms with Crippen molar-refractivity contribution in [3.8, 4) is 0 Å². The highest BCUT2D eigenvalue weighted by molar-refractivity contribution is 8.00. The van der Waals surface area contributed by atoms with E-state index in [0.717, 1.165) is 0 Å². The first-order chi connectivity index (χ1) is 8.03. The van der Waals surface area contributed by atoms with Gasteiger partial charge in [0.2, 0.25) is 11.8 Å². The number of nitrogens with zero attached hydrogens (tertiary/aromatic N) is 1. The van der Waals surface area contributed by atoms with Crippen LogP contribution in [0.3, 0.4) is 0 Å². The molecule has 2 rings (SSSR count). The van der Waals surface area contributed by atoms with Crippen LogP contribution in [0.1, 0.15) is 12.8 Å². The number of rotatable bonds is 5. The molecule has 6 nitrogen and oxygen atoms in total. The second-order valence-electron chi connectivity index (χ2n) is 4.43. The third kappa shape index (κ3) is 2.71. The maximum absolute atomic E-state index is 11.5. The minimum Gasteiger partial charge on any atom is -0.481 e. The minimum absolute atomic E-state index is 0.0293. The van der Waals surface area contributed by atoms with Crippen molar-refractivity contribution in [3.63, 3.8) is 0 Å². The van der Waals surface area contributed by atoms with Crippen molar-refractivity contribution in [2.75, 3.05) is 24.7 Å². The zero-order valence-electron chi connectivity index (χ0n) is 9.27. The zero-order valence-corrected chi connectivity index (χ0v) is 10.1. The molecule has 7 heteroatoms. The number of thioether (sulfide) groups is 1. The summed E-state index contributed by atoms with van der Waals surface area (Å²) in [5.74, 6) is -0.216. The SMILES string of the molecule is O=C(CN1CSCC1=O)NCC1(C(=O)O)CC1. The normalized spacial score (nSPS) is 21.4. The highest BCUT2D eigenvalue weighted by Crippen LogP contribution is 2.45. The van der Waals surface area contributed by atoms with Crippen molar-refractivity contribution < 1.29 is 19.5 Å². The van der Waals surface area contributed by atoms with Crippen molar-refractivity contribution >= 4 is 29.5 Å². The summed E-state index contributed by atoms with van der Waals surface area (Å²) >= 11 is 1.48. The smallest absolute Gasteiger partial charge is 0.311 e. The Labute approximate surface area is 103 Å². The van der Waals surface area contributed by atoms with E-state index in [1.54, 1.807) is 0 Å². The van der Waals surface area contributed by atoms with Crippen molar-refractivity contribution in [1.82, 2.24) is 10.2 Å². The fraction of sp³-hybridized carbons (Fsp3) is 0.700. The Balaban J connectivity index is 1.75. The molecule has 0 aromatic carbocycles. The Morgan fingerprint density at radius 2 is 2.18 bits per heavy atom. The molecule has 0 atom stereocenters. The maximum atomic E-state index is 11.5. The van der Waals surface area contributed by atoms with Gasteiger partial charge >= 0.3 is 5.97 Å². The van der Waals surface area contributed by atoms with Gasteiger partial charge in [-0.1, -0.05) is 0 Å². The average Bonchev–Trinajstić information content (AvgIpc) is 2.97. The number of nitrogens with one attached hydrogen (secondary N) is 1. The summed E-state index contributed by atoms with van der Waals surface area (Å²) < 4.78 is 0. The predicted molar refractivity (Wildman–Crippen MR) is 61.4 cm³/mol. The van der Waals surface area contributed by atoms with Crippen molar-refractivity contribution in [1.29, 1.82) is 0 Å². The molecule has 2 N–H and O–H groups in total. The Morgan fingerprint density at radius 3 is 2.65 bits per heavy atom. The third-order valence-electron chi connectivity index (χ3n) is 3.09. The monoisotopic (exact) mass is 258 g/mol. The summed E-state index contributed by atoms with van der Waals surface area (Å²) in [7, 11) is 0. The molecule has 17 heavy (non-hydrogen) atoms. The highest BCUT2D eigenvalue weighted by Gasteiger charge is 2.50. The van der Waals surface area contributed by atoms with Gasteiger partial charge in [0.1, 0.15) is 6.54 Å². The van der Waals surface area contributed by atoms with Gasteiger partial charge < -0.3 is 15.3 Å². The van der Waals surface area contributed by atoms with E-state index in [2.05, 4.69) is 5.32 Å². The quantitative estimate of drug-likeness (QED) is 0.694. The molecule has 94 valence electrons. The first kappa shape index (κ1) is 12.2. The number of hydrogen-bond acceptors (Lipinski definition) is 4. The van der Waals surface area contributed by atoms with E-state index in [4.69, 9.17) is 5.11 Å². The summed E-state index contributed by atoms with van der Waals surface area (Å²) in [6, 6.07) is 0. The van der Waals surface area contributed by atoms with Crippen LogP contribution in [0.15, 0.2) is 0 Å². The lowest BCUT2D eigenvalue weighted by atomic mass is 10.1. The lowest BCUT2D eigenvalue weighted by Crippen LogP contribution is -2.41. The van der Waals surface area contributed by atoms with Gasteiger partial charge in [-0.15, -0.1) is 11.8 Å². The number of carbonyl (C=O) groups is 3. The Morgan fingerprint density at radius 1 is 1.47 bits per heavy atom. The minimum atomic E-state index is -0.856. The molecule has 1 heterocycles. The number of carboxylic acids is 1. The van der Waals surface area contributed by atoms with Crippen molar-refractivity contribution in [3.05, 3.63) is 0 Å². The van der Waals surface area contributed by atoms with Crippen LogP contribution >= 0.6 is 11.8 Å². The molecule has 2 amide bonds. The first-order valence-electron chi connectivity index (χ1n) is 5.39. The number of carbonyl (C=O) groups excluding carboxylic acids is 2. The number of carboxylic acid groups (broad SMARTS) is 1. The van der Waals surface area contributed by atoms with E-state index in [0.29, 0.717) is 24.5 Å². The van der Waals surface area contributed by atoms with Crippen LogP contribution in [0.5, 0.6) is 0 Å². The zero-order chi connectivity index (χ0) is 12.5. The van der Waals surface area contributed by atoms with Crippen molar-refractivity contribution in [2.24, 2.45) is 5.41 Å². The topological polar surface area (TPSA) is 86.7 Å². The molecule has 1 saturated carbocycles. The average molecular weight is 258 g/mol. The van der Waals surface area contributed by atoms with E-state index in [-0.39, 0.29) is 24.9 Å². The third-order valence-corrected chi connectivity index (χ3v) is 4.04. The molecular formula is C10H14N2O4S. The van der Waals surface area contributed by atoms with E-state index < -0.39 is 11.4 Å². The molecule has 0 spiro atoms. The van der Waals surface area contributed by atoms with E-state index in [1.165, 1.54) is 16.7 Å². The number of aliphatic carboxylic acids is 1. The van der Waals surface area contributed by atoms with Crippen LogP contribution in [-0.2, 0) is 14.4 Å². The van der Waals surface area contributed by atoms with E-state index in [9.17, 15) is 14.4 Å². The maximum Gasteiger partial charge on any atom is 0.311 e. The fourth-order valence-corrected chi connectivity index (χ4v) is 2.56. The lowest BCUT2D eigenvalue weighted by molar-refractivity contribution is -0.143. The Kier molecular flexibility index (Phi) is 3.28. The van der Waals surface area contributed by atoms with E-state index in [1.807, 2.05) is 0 Å². The summed E-state index contributed by atoms with van der Waals surface area (Å²) in [6.45, 7) is 0.192. The molecule has 1 saturated heterocycles. The molecule has 1 aliphatic carbocycles. The van der Waals surface area contributed by atoms with Gasteiger partial charge in [0, 0.05) is 6.54 Å². The second kappa shape index (κ2) is 4.56. The highest BCUT2D eigenvalue weighted by atomic mass is 32.2. The molecule has 0 radical (unpaired) electrons. The van der Waals surface area contributed by atoms with Gasteiger partial charge in [0.05, 0.1) is 17.0 Å². The summed E-state index contributed by atoms with van der Waals surface area (Å²) in [5, 5.41) is 11.5. The van der Waals surface area contributed by atoms with Gasteiger partial charge in [-0.05, 0) is 12.8 Å². The van der Waals surface area contributed by atoms with Crippen LogP contribution in [0.4, 0.5) is 0 Å². The van der Waals surface area contributed by atoms with Crippen LogP contribution in [0.25, 0.3) is 0 Å². The van der Waals surface area contributed by atoms with Crippen molar-refractivity contribution in [2.45, 2.75) is 12.8 Å². The lowest BCUT2D eigenvalue weighted by Gasteiger charge is -2.16. The summed E-state index contributed by atoms with van der Waals surface area (Å²) in [6.07, 6.45) is 1.22. The van der Waals surface area contributed by atoms with Gasteiger partial charge in [0.15, 0.2) is 0 Å². The molecule has 0 unspecified atom stereocenters. The van der Waals surface area contributed by atoms with Gasteiger partial charge in [-0.25, -0.2) is 0 Å². The van der Waals surface area contributed by atoms with Crippen LogP contribution in [0, 0.1) is 5.41 Å². The van der Waals surface area contributed by atoms with Crippen LogP contribution in [-0.4, -0.2) is 52.5 Å². The van der Waals surface area contributed by atoms with Crippen LogP contribution < -0.4 is 5.32 Å². The standard InChI is InChI=1S/C10H14N2O4S/c13-7(3-12-6-17-4-8(12)14)11-5-10(1-2-10)9(15)16/h1-6H2,(H,11,13)(H,15,16). The molecule has 2 aliphatic rings. The van der Waals surface area contributed by atoms with E-state index >= 15 is 0 Å². The largest absolute Gasteiger partial charge is 0.481 e. The summed E-state index contributed by atoms with van der Waals surface area (Å²) in [4.78, 5) is 35.1. The predicted octanol–water partition coefficient (Wildman–Crippen LogP) is -0.500. The Hall–Kier alpha value is -1.24. The Bertz CT molecular complexity index is 367. The number of amides is 2. The van der Waals surface area contributed by atoms with Gasteiger partial charge in [-0.3, -0.25) is 14.4 Å². The fourth-order valence-electron chi connectivity index (χ4n) is 1.65. The van der Waals surface area contributed by atoms with Crippen LogP contribution in [0.2, 0.25) is 0 Å². The second-order valence-corrected chi connectivity index (χ2v) is 5.39. The first-order valence-corrected chi connectivity index (χ1v) is 6.55. The molecule has 2 fully saturated rings. The molecule has 0 bridgehead atoms. The van der Waals surface area contributed by atoms with Gasteiger partial charge in [0.25, 0.3) is 0 Å². The number of hydrogen-bond donors (Lipinski definition) is 2. The molecule has 0 aromatic rings. The van der Waals surface area contributed by atoms with Gasteiger partial charge in [-0.2, -0.15) is 0 Å². The molecule has 1 aliphatic heterocycles.